The Kier molecular flexibility index (Phi) is 9.49. The molecule has 0 amide bonds. The van der Waals surface area contributed by atoms with Crippen molar-refractivity contribution in [2.24, 2.45) is 12.5 Å². The normalized spacial score (nSPS) is 18.8. The first-order valence-electron chi connectivity index (χ1n) is 15.9. The lowest BCUT2D eigenvalue weighted by Gasteiger charge is -2.30. The Bertz CT molecular complexity index is 1940. The predicted octanol–water partition coefficient (Wildman–Crippen LogP) is 8.60. The zero-order valence-corrected chi connectivity index (χ0v) is 28.7. The minimum absolute atomic E-state index is 0.0411. The molecule has 0 radical (unpaired) electrons. The molecule has 0 aliphatic carbocycles. The maximum Gasteiger partial charge on any atom is 0.303 e. The van der Waals surface area contributed by atoms with Crippen LogP contribution in [0.5, 0.6) is 0 Å². The molecule has 47 heavy (non-hydrogen) atoms. The molecule has 1 atom stereocenters. The molecule has 6 rings (SSSR count). The molecule has 0 saturated carbocycles. The van der Waals surface area contributed by atoms with Crippen molar-refractivity contribution in [2.75, 3.05) is 11.5 Å². The number of aliphatic carboxylic acids is 1. The molecule has 2 N–H and O–H groups in total. The summed E-state index contributed by atoms with van der Waals surface area (Å²) in [5.41, 5.74) is 3.09. The van der Waals surface area contributed by atoms with Crippen molar-refractivity contribution < 1.29 is 18.7 Å². The molecule has 11 heteroatoms. The van der Waals surface area contributed by atoms with Gasteiger partial charge >= 0.3 is 5.97 Å². The van der Waals surface area contributed by atoms with Gasteiger partial charge in [0.2, 0.25) is 0 Å². The van der Waals surface area contributed by atoms with E-state index in [1.807, 2.05) is 43.1 Å². The number of H-pyrrole nitrogens is 1. The summed E-state index contributed by atoms with van der Waals surface area (Å²) < 4.78 is 32.7. The van der Waals surface area contributed by atoms with Gasteiger partial charge in [-0.2, -0.15) is 16.9 Å². The van der Waals surface area contributed by atoms with E-state index in [0.717, 1.165) is 52.4 Å². The van der Waals surface area contributed by atoms with Gasteiger partial charge in [0.15, 0.2) is 23.3 Å². The van der Waals surface area contributed by atoms with E-state index < -0.39 is 23.0 Å². The van der Waals surface area contributed by atoms with E-state index in [1.165, 1.54) is 11.8 Å². The molecule has 4 heterocycles. The fraction of sp³-hybridized carbons (Fsp3) is 0.389. The molecule has 1 aliphatic heterocycles. The minimum Gasteiger partial charge on any atom is -0.481 e. The van der Waals surface area contributed by atoms with Crippen LogP contribution in [0.4, 0.5) is 8.78 Å². The fourth-order valence-electron chi connectivity index (χ4n) is 6.40. The van der Waals surface area contributed by atoms with Gasteiger partial charge in [-0.05, 0) is 84.4 Å². The highest BCUT2D eigenvalue weighted by Crippen LogP contribution is 2.42. The summed E-state index contributed by atoms with van der Waals surface area (Å²) in [5.74, 6) is 0.398. The van der Waals surface area contributed by atoms with Gasteiger partial charge < -0.3 is 10.1 Å². The molecule has 0 unspecified atom stereocenters. The van der Waals surface area contributed by atoms with E-state index in [4.69, 9.17) is 10.1 Å². The molecule has 3 aromatic heterocycles. The third-order valence-electron chi connectivity index (χ3n) is 9.11. The average Bonchev–Trinajstić information content (AvgIpc) is 3.69. The summed E-state index contributed by atoms with van der Waals surface area (Å²) >= 11 is 3.05. The Hall–Kier alpha value is -3.70. The zero-order chi connectivity index (χ0) is 33.3. The Morgan fingerprint density at radius 3 is 2.74 bits per heavy atom. The standard InChI is InChI=1S/C36H39F2N5O2S2/c1-35(2)14-6-15-36(3,23-8-5-7-22(19-23)9-10-28(44)45)34-41-33(43(4)42-34)27-20-24(11-16-39-27)47-32-26(13-18-46-21-35)25-12-17-40-31(25)29(37)30(32)38/h5,7-8,11-12,16-17,19-20,40H,6,9-10,13-15,18,21H2,1-4H3,(H,44,45)/t36-/m1/s1. The fourth-order valence-corrected chi connectivity index (χ4v) is 8.64. The van der Waals surface area contributed by atoms with Crippen LogP contribution < -0.4 is 0 Å². The van der Waals surface area contributed by atoms with Crippen molar-refractivity contribution in [1.29, 1.82) is 0 Å². The number of nitrogens with one attached hydrogen (secondary N) is 1. The average molecular weight is 676 g/mol. The van der Waals surface area contributed by atoms with Crippen molar-refractivity contribution >= 4 is 40.4 Å². The Morgan fingerprint density at radius 1 is 1.11 bits per heavy atom. The van der Waals surface area contributed by atoms with Crippen LogP contribution in [0, 0.1) is 17.0 Å². The third kappa shape index (κ3) is 6.97. The first-order chi connectivity index (χ1) is 22.4. The van der Waals surface area contributed by atoms with Crippen LogP contribution >= 0.6 is 23.5 Å². The largest absolute Gasteiger partial charge is 0.481 e. The Balaban J connectivity index is 1.45. The van der Waals surface area contributed by atoms with Crippen LogP contribution in [0.15, 0.2) is 64.6 Å². The highest BCUT2D eigenvalue weighted by molar-refractivity contribution is 7.99. The van der Waals surface area contributed by atoms with Gasteiger partial charge in [0.1, 0.15) is 5.69 Å². The van der Waals surface area contributed by atoms with E-state index in [0.29, 0.717) is 40.5 Å². The number of carboxylic acids is 1. The van der Waals surface area contributed by atoms with Crippen molar-refractivity contribution in [3.8, 4) is 11.5 Å². The van der Waals surface area contributed by atoms with Crippen LogP contribution in [0.2, 0.25) is 0 Å². The smallest absolute Gasteiger partial charge is 0.303 e. The molecule has 7 nitrogen and oxygen atoms in total. The first kappa shape index (κ1) is 33.2. The van der Waals surface area contributed by atoms with Crippen molar-refractivity contribution in [1.82, 2.24) is 24.7 Å². The maximum atomic E-state index is 15.7. The van der Waals surface area contributed by atoms with Gasteiger partial charge in [-0.3, -0.25) is 9.78 Å². The molecule has 2 aromatic carbocycles. The Labute approximate surface area is 282 Å². The van der Waals surface area contributed by atoms with Gasteiger partial charge in [0, 0.05) is 36.1 Å². The minimum atomic E-state index is -0.870. The number of halogens is 2. The molecule has 1 aliphatic rings. The number of benzene rings is 2. The second kappa shape index (κ2) is 13.4. The van der Waals surface area contributed by atoms with Gasteiger partial charge in [0.05, 0.1) is 15.8 Å². The zero-order valence-electron chi connectivity index (χ0n) is 27.1. The van der Waals surface area contributed by atoms with Gasteiger partial charge in [0.25, 0.3) is 0 Å². The van der Waals surface area contributed by atoms with E-state index in [9.17, 15) is 9.90 Å². The van der Waals surface area contributed by atoms with Crippen LogP contribution in [-0.4, -0.2) is 47.3 Å². The number of carbonyl (C=O) groups is 1. The summed E-state index contributed by atoms with van der Waals surface area (Å²) in [4.78, 5) is 24.9. The van der Waals surface area contributed by atoms with Crippen molar-refractivity contribution in [2.45, 2.75) is 74.5 Å². The number of aromatic amines is 1. The molecule has 0 saturated heterocycles. The van der Waals surface area contributed by atoms with Crippen molar-refractivity contribution in [3.05, 3.63) is 89.0 Å². The van der Waals surface area contributed by atoms with Crippen LogP contribution in [0.3, 0.4) is 0 Å². The second-order valence-electron chi connectivity index (χ2n) is 13.3. The number of aryl methyl sites for hydroxylation is 3. The number of carboxylic acid groups (broad SMARTS) is 1. The topological polar surface area (TPSA) is 96.7 Å². The predicted molar refractivity (Wildman–Crippen MR) is 184 cm³/mol. The van der Waals surface area contributed by atoms with E-state index in [1.54, 1.807) is 23.1 Å². The monoisotopic (exact) mass is 675 g/mol. The quantitative estimate of drug-likeness (QED) is 0.197. The summed E-state index contributed by atoms with van der Waals surface area (Å²) in [6, 6.07) is 13.6. The van der Waals surface area contributed by atoms with Crippen LogP contribution in [-0.2, 0) is 30.1 Å². The molecular formula is C36H39F2N5O2S2. The number of aromatic nitrogens is 5. The summed E-state index contributed by atoms with van der Waals surface area (Å²) in [7, 11) is 1.84. The number of hydrogen-bond acceptors (Lipinski definition) is 6. The van der Waals surface area contributed by atoms with Gasteiger partial charge in [-0.25, -0.2) is 18.4 Å². The number of rotatable bonds is 4. The third-order valence-corrected chi connectivity index (χ3v) is 11.7. The second-order valence-corrected chi connectivity index (χ2v) is 15.5. The lowest BCUT2D eigenvalue weighted by molar-refractivity contribution is -0.136. The molecule has 0 fully saturated rings. The van der Waals surface area contributed by atoms with Crippen molar-refractivity contribution in [3.63, 3.8) is 0 Å². The molecule has 5 aromatic rings. The van der Waals surface area contributed by atoms with E-state index in [2.05, 4.69) is 42.9 Å². The highest BCUT2D eigenvalue weighted by Gasteiger charge is 2.35. The maximum absolute atomic E-state index is 15.7. The Morgan fingerprint density at radius 2 is 1.94 bits per heavy atom. The van der Waals surface area contributed by atoms with Crippen LogP contribution in [0.25, 0.3) is 22.4 Å². The lowest BCUT2D eigenvalue weighted by atomic mass is 9.75. The lowest BCUT2D eigenvalue weighted by Crippen LogP contribution is -2.27. The van der Waals surface area contributed by atoms with Gasteiger partial charge in [-0.15, -0.1) is 0 Å². The van der Waals surface area contributed by atoms with Gasteiger partial charge in [-0.1, -0.05) is 56.3 Å². The van der Waals surface area contributed by atoms with E-state index in [-0.39, 0.29) is 17.4 Å². The van der Waals surface area contributed by atoms with Crippen LogP contribution in [0.1, 0.15) is 69.0 Å². The number of nitrogens with zero attached hydrogens (tertiary/aromatic N) is 4. The number of pyridine rings is 1. The number of hydrogen-bond donors (Lipinski definition) is 2. The molecule has 4 bridgehead atoms. The SMILES string of the molecule is Cn1nc2nc1-c1cc(ccn1)Sc1c(F)c(F)c3[nH]ccc3c1CCSCC(C)(C)CCC[C@]2(C)c1cccc(CCC(=O)O)c1. The summed E-state index contributed by atoms with van der Waals surface area (Å²) in [6.45, 7) is 6.72. The summed E-state index contributed by atoms with van der Waals surface area (Å²) in [5, 5.41) is 14.9. The number of fused-ring (bicyclic) bond motifs is 8. The molecular weight excluding hydrogens is 637 g/mol. The molecule has 246 valence electrons. The molecule has 0 spiro atoms. The summed E-state index contributed by atoms with van der Waals surface area (Å²) in [6.07, 6.45) is 7.16. The highest BCUT2D eigenvalue weighted by atomic mass is 32.2. The first-order valence-corrected chi connectivity index (χ1v) is 17.8. The number of thioether (sulfide) groups is 1. The van der Waals surface area contributed by atoms with E-state index >= 15 is 8.78 Å².